The Morgan fingerprint density at radius 1 is 1.16 bits per heavy atom. The van der Waals surface area contributed by atoms with Gasteiger partial charge in [-0.1, -0.05) is 27.2 Å². The molecule has 144 valence electrons. The predicted octanol–water partition coefficient (Wildman–Crippen LogP) is 3.80. The molecule has 2 rings (SSSR count). The average molecular weight is 461 g/mol. The van der Waals surface area contributed by atoms with Crippen molar-refractivity contribution in [2.24, 2.45) is 18.0 Å². The summed E-state index contributed by atoms with van der Waals surface area (Å²) in [7, 11) is 3.90. The van der Waals surface area contributed by atoms with Gasteiger partial charge in [-0.15, -0.1) is 24.0 Å². The van der Waals surface area contributed by atoms with Crippen LogP contribution in [0.15, 0.2) is 4.99 Å². The van der Waals surface area contributed by atoms with E-state index in [4.69, 9.17) is 0 Å². The molecule has 2 N–H and O–H groups in total. The Morgan fingerprint density at radius 2 is 1.84 bits per heavy atom. The first-order chi connectivity index (χ1) is 11.6. The Balaban J connectivity index is 0.00000312. The Morgan fingerprint density at radius 3 is 2.36 bits per heavy atom. The van der Waals surface area contributed by atoms with Gasteiger partial charge in [-0.25, -0.2) is 0 Å². The maximum absolute atomic E-state index is 4.65. The van der Waals surface area contributed by atoms with Gasteiger partial charge < -0.3 is 10.6 Å². The molecular weight excluding hydrogens is 425 g/mol. The molecule has 0 bridgehead atoms. The van der Waals surface area contributed by atoms with Crippen molar-refractivity contribution in [2.75, 3.05) is 7.05 Å². The second kappa shape index (κ2) is 11.0. The number of hydrogen-bond donors (Lipinski definition) is 2. The van der Waals surface area contributed by atoms with Crippen LogP contribution in [-0.2, 0) is 26.4 Å². The molecule has 6 heteroatoms. The van der Waals surface area contributed by atoms with Crippen molar-refractivity contribution in [3.63, 3.8) is 0 Å². The zero-order valence-electron chi connectivity index (χ0n) is 16.6. The third-order valence-corrected chi connectivity index (χ3v) is 5.45. The van der Waals surface area contributed by atoms with Gasteiger partial charge in [-0.2, -0.15) is 5.10 Å². The minimum atomic E-state index is 0. The molecule has 0 unspecified atom stereocenters. The molecule has 0 radical (unpaired) electrons. The number of nitrogens with one attached hydrogen (secondary N) is 2. The number of hydrogen-bond acceptors (Lipinski definition) is 2. The summed E-state index contributed by atoms with van der Waals surface area (Å²) < 4.78 is 2.03. The molecule has 0 aromatic carbocycles. The van der Waals surface area contributed by atoms with Crippen LogP contribution in [0.5, 0.6) is 0 Å². The van der Waals surface area contributed by atoms with Gasteiger partial charge in [0.1, 0.15) is 0 Å². The standard InChI is InChI=1S/C19H35N5.HI/c1-6-14-9-11-15(12-10-14)22-19(20-4)21-13-16-17(7-2)23-24(5)18(16)8-3;/h14-15H,6-13H2,1-5H3,(H2,20,21,22);1H. The van der Waals surface area contributed by atoms with E-state index in [9.17, 15) is 0 Å². The van der Waals surface area contributed by atoms with Crippen LogP contribution < -0.4 is 10.6 Å². The third-order valence-electron chi connectivity index (χ3n) is 5.45. The van der Waals surface area contributed by atoms with Crippen LogP contribution >= 0.6 is 24.0 Å². The minimum Gasteiger partial charge on any atom is -0.354 e. The van der Waals surface area contributed by atoms with Crippen molar-refractivity contribution in [1.29, 1.82) is 0 Å². The normalized spacial score (nSPS) is 20.9. The average Bonchev–Trinajstić information content (AvgIpc) is 2.93. The largest absolute Gasteiger partial charge is 0.354 e. The second-order valence-corrected chi connectivity index (χ2v) is 6.90. The number of aromatic nitrogens is 2. The van der Waals surface area contributed by atoms with E-state index in [0.29, 0.717) is 6.04 Å². The summed E-state index contributed by atoms with van der Waals surface area (Å²) >= 11 is 0. The van der Waals surface area contributed by atoms with Gasteiger partial charge in [-0.3, -0.25) is 9.67 Å². The summed E-state index contributed by atoms with van der Waals surface area (Å²) in [6.45, 7) is 7.47. The quantitative estimate of drug-likeness (QED) is 0.385. The molecule has 1 aliphatic carbocycles. The second-order valence-electron chi connectivity index (χ2n) is 6.90. The van der Waals surface area contributed by atoms with Crippen LogP contribution in [0, 0.1) is 5.92 Å². The van der Waals surface area contributed by atoms with E-state index in [-0.39, 0.29) is 24.0 Å². The van der Waals surface area contributed by atoms with Gasteiger partial charge in [-0.05, 0) is 44.4 Å². The van der Waals surface area contributed by atoms with Crippen LogP contribution in [0.2, 0.25) is 0 Å². The molecule has 1 aromatic rings. The number of rotatable bonds is 6. The van der Waals surface area contributed by atoms with Gasteiger partial charge in [0.05, 0.1) is 5.69 Å². The van der Waals surface area contributed by atoms with Crippen molar-refractivity contribution in [1.82, 2.24) is 20.4 Å². The highest BCUT2D eigenvalue weighted by atomic mass is 127. The summed E-state index contributed by atoms with van der Waals surface area (Å²) in [5.74, 6) is 1.84. The SMILES string of the molecule is CCc1nn(C)c(CC)c1CNC(=NC)NC1CCC(CC)CC1.I. The van der Waals surface area contributed by atoms with Gasteiger partial charge in [0, 0.05) is 37.9 Å². The molecule has 0 saturated heterocycles. The fraction of sp³-hybridized carbons (Fsp3) is 0.789. The van der Waals surface area contributed by atoms with Gasteiger partial charge >= 0.3 is 0 Å². The lowest BCUT2D eigenvalue weighted by Crippen LogP contribution is -2.44. The fourth-order valence-corrected chi connectivity index (χ4v) is 3.87. The van der Waals surface area contributed by atoms with Crippen LogP contribution in [0.1, 0.15) is 69.8 Å². The summed E-state index contributed by atoms with van der Waals surface area (Å²) in [6.07, 6.45) is 8.49. The summed E-state index contributed by atoms with van der Waals surface area (Å²) in [5.41, 5.74) is 3.85. The number of aliphatic imine (C=N–C) groups is 1. The topological polar surface area (TPSA) is 54.2 Å². The lowest BCUT2D eigenvalue weighted by molar-refractivity contribution is 0.304. The summed E-state index contributed by atoms with van der Waals surface area (Å²) in [6, 6.07) is 0.559. The van der Waals surface area contributed by atoms with E-state index in [1.807, 2.05) is 18.8 Å². The van der Waals surface area contributed by atoms with Crippen molar-refractivity contribution in [3.8, 4) is 0 Å². The Bertz CT molecular complexity index is 544. The van der Waals surface area contributed by atoms with Crippen LogP contribution in [0.3, 0.4) is 0 Å². The molecule has 1 heterocycles. The summed E-state index contributed by atoms with van der Waals surface area (Å²) in [5, 5.41) is 11.8. The van der Waals surface area contributed by atoms with Crippen LogP contribution in [0.4, 0.5) is 0 Å². The minimum absolute atomic E-state index is 0. The molecule has 1 aromatic heterocycles. The molecule has 5 nitrogen and oxygen atoms in total. The van der Waals surface area contributed by atoms with Gasteiger partial charge in [0.25, 0.3) is 0 Å². The summed E-state index contributed by atoms with van der Waals surface area (Å²) in [4.78, 5) is 4.42. The van der Waals surface area contributed by atoms with Crippen LogP contribution in [0.25, 0.3) is 0 Å². The monoisotopic (exact) mass is 461 g/mol. The molecule has 0 aliphatic heterocycles. The van der Waals surface area contributed by atoms with E-state index >= 15 is 0 Å². The number of guanidine groups is 1. The smallest absolute Gasteiger partial charge is 0.191 e. The zero-order valence-corrected chi connectivity index (χ0v) is 18.9. The lowest BCUT2D eigenvalue weighted by atomic mass is 9.84. The number of nitrogens with zero attached hydrogens (tertiary/aromatic N) is 3. The first-order valence-electron chi connectivity index (χ1n) is 9.63. The fourth-order valence-electron chi connectivity index (χ4n) is 3.87. The van der Waals surface area contributed by atoms with Gasteiger partial charge in [0.2, 0.25) is 0 Å². The number of halogens is 1. The first kappa shape index (κ1) is 22.3. The van der Waals surface area contributed by atoms with E-state index < -0.39 is 0 Å². The van der Waals surface area contributed by atoms with Crippen molar-refractivity contribution >= 4 is 29.9 Å². The molecule has 1 saturated carbocycles. The Hall–Kier alpha value is -0.790. The highest BCUT2D eigenvalue weighted by molar-refractivity contribution is 14.0. The van der Waals surface area contributed by atoms with E-state index in [1.54, 1.807) is 0 Å². The van der Waals surface area contributed by atoms with E-state index in [2.05, 4.69) is 41.5 Å². The van der Waals surface area contributed by atoms with E-state index in [1.165, 1.54) is 49.1 Å². The predicted molar refractivity (Wildman–Crippen MR) is 117 cm³/mol. The van der Waals surface area contributed by atoms with Gasteiger partial charge in [0.15, 0.2) is 5.96 Å². The number of aryl methyl sites for hydroxylation is 2. The first-order valence-corrected chi connectivity index (χ1v) is 9.63. The molecule has 1 fully saturated rings. The molecule has 0 amide bonds. The van der Waals surface area contributed by atoms with E-state index in [0.717, 1.165) is 31.3 Å². The molecule has 25 heavy (non-hydrogen) atoms. The lowest BCUT2D eigenvalue weighted by Gasteiger charge is -2.29. The molecule has 0 spiro atoms. The van der Waals surface area contributed by atoms with Crippen molar-refractivity contribution in [3.05, 3.63) is 17.0 Å². The van der Waals surface area contributed by atoms with Crippen molar-refractivity contribution in [2.45, 2.75) is 78.3 Å². The zero-order chi connectivity index (χ0) is 17.5. The Kier molecular flexibility index (Phi) is 9.82. The molecule has 1 aliphatic rings. The molecular formula is C19H36IN5. The van der Waals surface area contributed by atoms with Crippen molar-refractivity contribution < 1.29 is 0 Å². The highest BCUT2D eigenvalue weighted by Crippen LogP contribution is 2.26. The maximum atomic E-state index is 4.65. The Labute approximate surface area is 170 Å². The molecule has 0 atom stereocenters. The third kappa shape index (κ3) is 5.86. The van der Waals surface area contributed by atoms with Crippen LogP contribution in [-0.4, -0.2) is 28.8 Å². The highest BCUT2D eigenvalue weighted by Gasteiger charge is 2.21. The maximum Gasteiger partial charge on any atom is 0.191 e.